The summed E-state index contributed by atoms with van der Waals surface area (Å²) in [5.74, 6) is 0.231. The van der Waals surface area contributed by atoms with E-state index in [0.29, 0.717) is 22.8 Å². The van der Waals surface area contributed by atoms with Gasteiger partial charge in [0, 0.05) is 38.1 Å². The van der Waals surface area contributed by atoms with Gasteiger partial charge in [-0.15, -0.1) is 0 Å². The van der Waals surface area contributed by atoms with Crippen LogP contribution in [0.1, 0.15) is 5.56 Å². The van der Waals surface area contributed by atoms with Gasteiger partial charge in [-0.3, -0.25) is 4.68 Å². The molecule has 0 saturated carbocycles. The van der Waals surface area contributed by atoms with Gasteiger partial charge in [0.05, 0.1) is 54.3 Å². The van der Waals surface area contributed by atoms with E-state index in [1.54, 1.807) is 34.0 Å². The Morgan fingerprint density at radius 1 is 1.16 bits per heavy atom. The number of benzene rings is 1. The van der Waals surface area contributed by atoms with Gasteiger partial charge in [-0.05, 0) is 6.07 Å². The number of hydrogen-bond donors (Lipinski definition) is 1. The lowest BCUT2D eigenvalue weighted by Gasteiger charge is -2.56. The van der Waals surface area contributed by atoms with Crippen molar-refractivity contribution in [3.05, 3.63) is 54.4 Å². The third-order valence-electron chi connectivity index (χ3n) is 5.93. The van der Waals surface area contributed by atoms with Crippen LogP contribution in [0.3, 0.4) is 0 Å². The second-order valence-electron chi connectivity index (χ2n) is 8.40. The Hall–Kier alpha value is -3.53. The van der Waals surface area contributed by atoms with E-state index in [9.17, 15) is 0 Å². The van der Waals surface area contributed by atoms with Gasteiger partial charge >= 0.3 is 0 Å². The molecule has 1 N–H and O–H groups in total. The average Bonchev–Trinajstić information content (AvgIpc) is 3.28. The van der Waals surface area contributed by atoms with E-state index in [4.69, 9.17) is 4.74 Å². The maximum Gasteiger partial charge on any atom is 0.229 e. The lowest BCUT2D eigenvalue weighted by molar-refractivity contribution is -0.127. The zero-order valence-corrected chi connectivity index (χ0v) is 17.0. The number of aryl methyl sites for hydroxylation is 1. The summed E-state index contributed by atoms with van der Waals surface area (Å²) in [6.07, 6.45) is 6.93. The summed E-state index contributed by atoms with van der Waals surface area (Å²) >= 11 is 0. The molecule has 2 saturated heterocycles. The largest absolute Gasteiger partial charge is 0.380 e. The molecular formula is C21H21FN8O. The SMILES string of the molecule is Cn1cc(Nc2ncc3cnn(Cc4cccc(N5CC6(COC6)C5)c4F)c3n2)cn1. The molecule has 5 heterocycles. The van der Waals surface area contributed by atoms with Crippen LogP contribution in [-0.4, -0.2) is 55.8 Å². The summed E-state index contributed by atoms with van der Waals surface area (Å²) < 4.78 is 24.0. The van der Waals surface area contributed by atoms with Crippen molar-refractivity contribution in [1.82, 2.24) is 29.5 Å². The highest BCUT2D eigenvalue weighted by Crippen LogP contribution is 2.41. The Labute approximate surface area is 177 Å². The van der Waals surface area contributed by atoms with Gasteiger partial charge in [0.15, 0.2) is 11.5 Å². The van der Waals surface area contributed by atoms with Crippen LogP contribution in [0, 0.1) is 11.2 Å². The minimum absolute atomic E-state index is 0.205. The zero-order chi connectivity index (χ0) is 21.0. The second-order valence-corrected chi connectivity index (χ2v) is 8.40. The predicted octanol–water partition coefficient (Wildman–Crippen LogP) is 2.33. The molecule has 1 spiro atoms. The van der Waals surface area contributed by atoms with Crippen molar-refractivity contribution in [1.29, 1.82) is 0 Å². The van der Waals surface area contributed by atoms with Crippen molar-refractivity contribution >= 4 is 28.4 Å². The highest BCUT2D eigenvalue weighted by molar-refractivity contribution is 5.75. The number of anilines is 3. The molecule has 6 rings (SSSR count). The maximum absolute atomic E-state index is 15.3. The van der Waals surface area contributed by atoms with Gasteiger partial charge in [-0.1, -0.05) is 12.1 Å². The number of nitrogens with zero attached hydrogens (tertiary/aromatic N) is 7. The van der Waals surface area contributed by atoms with Crippen LogP contribution in [0.25, 0.3) is 11.0 Å². The number of hydrogen-bond acceptors (Lipinski definition) is 7. The van der Waals surface area contributed by atoms with Crippen molar-refractivity contribution in [3.8, 4) is 0 Å². The van der Waals surface area contributed by atoms with Crippen LogP contribution in [-0.2, 0) is 18.3 Å². The molecule has 0 atom stereocenters. The monoisotopic (exact) mass is 420 g/mol. The molecule has 158 valence electrons. The molecule has 0 radical (unpaired) electrons. The second kappa shape index (κ2) is 6.74. The molecule has 2 aliphatic rings. The molecule has 0 aliphatic carbocycles. The van der Waals surface area contributed by atoms with Crippen molar-refractivity contribution in [2.24, 2.45) is 12.5 Å². The molecule has 3 aromatic heterocycles. The van der Waals surface area contributed by atoms with E-state index in [0.717, 1.165) is 37.4 Å². The minimum atomic E-state index is -0.205. The number of halogens is 1. The Morgan fingerprint density at radius 3 is 2.77 bits per heavy atom. The van der Waals surface area contributed by atoms with E-state index in [2.05, 4.69) is 30.4 Å². The normalized spacial score (nSPS) is 17.0. The van der Waals surface area contributed by atoms with Crippen LogP contribution in [0.2, 0.25) is 0 Å². The van der Waals surface area contributed by atoms with Crippen LogP contribution in [0.4, 0.5) is 21.7 Å². The van der Waals surface area contributed by atoms with Gasteiger partial charge in [-0.25, -0.2) is 14.1 Å². The fourth-order valence-electron chi connectivity index (χ4n) is 4.26. The molecule has 4 aromatic rings. The number of nitrogens with one attached hydrogen (secondary N) is 1. The summed E-state index contributed by atoms with van der Waals surface area (Å²) in [7, 11) is 1.84. The number of ether oxygens (including phenoxy) is 1. The first-order valence-corrected chi connectivity index (χ1v) is 10.1. The molecule has 2 fully saturated rings. The van der Waals surface area contributed by atoms with Gasteiger partial charge in [0.25, 0.3) is 0 Å². The van der Waals surface area contributed by atoms with Crippen molar-refractivity contribution in [3.63, 3.8) is 0 Å². The maximum atomic E-state index is 15.3. The number of aromatic nitrogens is 6. The zero-order valence-electron chi connectivity index (χ0n) is 17.0. The summed E-state index contributed by atoms with van der Waals surface area (Å²) in [5.41, 5.74) is 2.88. The quantitative estimate of drug-likeness (QED) is 0.530. The van der Waals surface area contributed by atoms with Gasteiger partial charge in [-0.2, -0.15) is 15.2 Å². The molecular weight excluding hydrogens is 399 g/mol. The van der Waals surface area contributed by atoms with E-state index >= 15 is 4.39 Å². The highest BCUT2D eigenvalue weighted by Gasteiger charge is 2.49. The summed E-state index contributed by atoms with van der Waals surface area (Å²) in [6, 6.07) is 5.53. The lowest BCUT2D eigenvalue weighted by Crippen LogP contribution is -2.66. The summed E-state index contributed by atoms with van der Waals surface area (Å²) in [5, 5.41) is 12.5. The van der Waals surface area contributed by atoms with E-state index in [1.807, 2.05) is 25.4 Å². The fourth-order valence-corrected chi connectivity index (χ4v) is 4.26. The minimum Gasteiger partial charge on any atom is -0.380 e. The van der Waals surface area contributed by atoms with E-state index in [1.165, 1.54) is 0 Å². The summed E-state index contributed by atoms with van der Waals surface area (Å²) in [6.45, 7) is 3.52. The molecule has 10 heteroatoms. The third-order valence-corrected chi connectivity index (χ3v) is 5.93. The predicted molar refractivity (Wildman–Crippen MR) is 113 cm³/mol. The Bertz CT molecular complexity index is 1270. The first kappa shape index (κ1) is 18.3. The molecule has 2 aliphatic heterocycles. The average molecular weight is 420 g/mol. The van der Waals surface area contributed by atoms with Crippen molar-refractivity contribution < 1.29 is 9.13 Å². The molecule has 0 unspecified atom stereocenters. The number of rotatable bonds is 5. The molecule has 0 bridgehead atoms. The Morgan fingerprint density at radius 2 is 2.03 bits per heavy atom. The molecule has 31 heavy (non-hydrogen) atoms. The van der Waals surface area contributed by atoms with Gasteiger partial charge in [0.1, 0.15) is 0 Å². The van der Waals surface area contributed by atoms with Gasteiger partial charge < -0.3 is 15.0 Å². The Balaban J connectivity index is 1.26. The van der Waals surface area contributed by atoms with E-state index < -0.39 is 0 Å². The Kier molecular flexibility index (Phi) is 3.97. The summed E-state index contributed by atoms with van der Waals surface area (Å²) in [4.78, 5) is 11.0. The number of fused-ring (bicyclic) bond motifs is 1. The standard InChI is InChI=1S/C21H21FN8O/c1-28-9-16(7-24-28)26-20-23-5-15-6-25-30(19(15)27-20)8-14-3-2-4-17(18(14)22)29-10-21(11-29)12-31-13-21/h2-7,9H,8,10-13H2,1H3,(H,23,26,27). The molecule has 0 amide bonds. The van der Waals surface area contributed by atoms with Crippen molar-refractivity contribution in [2.45, 2.75) is 6.54 Å². The van der Waals surface area contributed by atoms with Crippen molar-refractivity contribution in [2.75, 3.05) is 36.5 Å². The van der Waals surface area contributed by atoms with Crippen LogP contribution >= 0.6 is 0 Å². The first-order valence-electron chi connectivity index (χ1n) is 10.1. The van der Waals surface area contributed by atoms with Crippen LogP contribution < -0.4 is 10.2 Å². The van der Waals surface area contributed by atoms with Crippen LogP contribution in [0.15, 0.2) is 43.0 Å². The smallest absolute Gasteiger partial charge is 0.229 e. The molecule has 1 aromatic carbocycles. The lowest BCUT2D eigenvalue weighted by atomic mass is 9.77. The van der Waals surface area contributed by atoms with Crippen LogP contribution in [0.5, 0.6) is 0 Å². The fraction of sp³-hybridized carbons (Fsp3) is 0.333. The third kappa shape index (κ3) is 3.10. The van der Waals surface area contributed by atoms with Gasteiger partial charge in [0.2, 0.25) is 5.95 Å². The van der Waals surface area contributed by atoms with E-state index in [-0.39, 0.29) is 17.8 Å². The highest BCUT2D eigenvalue weighted by atomic mass is 19.1. The topological polar surface area (TPSA) is 85.9 Å². The molecule has 9 nitrogen and oxygen atoms in total. The first-order chi connectivity index (χ1) is 15.1.